The monoisotopic (exact) mass is 592 g/mol. The Kier molecular flexibility index (Phi) is 10.6. The van der Waals surface area contributed by atoms with Crippen LogP contribution in [0.4, 0.5) is 0 Å². The van der Waals surface area contributed by atoms with Gasteiger partial charge in [0.1, 0.15) is 18.1 Å². The minimum atomic E-state index is -0.657. The molecule has 0 aliphatic rings. The molecule has 0 fully saturated rings. The van der Waals surface area contributed by atoms with Gasteiger partial charge >= 0.3 is 5.97 Å². The number of ether oxygens (including phenoxy) is 4. The van der Waals surface area contributed by atoms with Gasteiger partial charge in [-0.2, -0.15) is 5.10 Å². The zero-order valence-electron chi connectivity index (χ0n) is 22.0. The zero-order chi connectivity index (χ0) is 29.0. The third kappa shape index (κ3) is 8.99. The molecule has 0 unspecified atom stereocenters. The number of benzene rings is 4. The molecule has 0 aliphatic heterocycles. The summed E-state index contributed by atoms with van der Waals surface area (Å²) in [6.07, 6.45) is 1.43. The number of hydrazone groups is 1. The second kappa shape index (κ2) is 14.7. The van der Waals surface area contributed by atoms with E-state index >= 15 is 0 Å². The van der Waals surface area contributed by atoms with E-state index in [1.54, 1.807) is 55.5 Å². The number of nitrogens with zero attached hydrogens (tertiary/aromatic N) is 1. The first kappa shape index (κ1) is 29.5. The van der Waals surface area contributed by atoms with Crippen LogP contribution in [-0.2, 0) is 11.4 Å². The molecule has 0 saturated carbocycles. The van der Waals surface area contributed by atoms with Gasteiger partial charge in [-0.15, -0.1) is 0 Å². The third-order valence-corrected chi connectivity index (χ3v) is 6.01. The first-order chi connectivity index (χ1) is 19.9. The van der Waals surface area contributed by atoms with Crippen LogP contribution in [0.2, 0.25) is 10.0 Å². The van der Waals surface area contributed by atoms with Crippen LogP contribution in [0.5, 0.6) is 23.0 Å². The van der Waals surface area contributed by atoms with Crippen molar-refractivity contribution >= 4 is 41.3 Å². The van der Waals surface area contributed by atoms with Crippen molar-refractivity contribution in [2.45, 2.75) is 13.5 Å². The number of hydrogen-bond donors (Lipinski definition) is 1. The second-order valence-corrected chi connectivity index (χ2v) is 9.32. The van der Waals surface area contributed by atoms with Crippen molar-refractivity contribution in [3.8, 4) is 23.0 Å². The summed E-state index contributed by atoms with van der Waals surface area (Å²) in [6.45, 7) is 2.36. The van der Waals surface area contributed by atoms with Crippen LogP contribution in [0.1, 0.15) is 28.4 Å². The molecule has 41 heavy (non-hydrogen) atoms. The van der Waals surface area contributed by atoms with Crippen LogP contribution in [0, 0.1) is 0 Å². The van der Waals surface area contributed by atoms with Gasteiger partial charge in [0.15, 0.2) is 18.1 Å². The van der Waals surface area contributed by atoms with E-state index in [1.165, 1.54) is 18.3 Å². The van der Waals surface area contributed by atoms with E-state index < -0.39 is 11.9 Å². The highest BCUT2D eigenvalue weighted by atomic mass is 35.5. The summed E-state index contributed by atoms with van der Waals surface area (Å²) in [7, 11) is 0. The zero-order valence-corrected chi connectivity index (χ0v) is 23.5. The number of nitrogens with one attached hydrogen (secondary N) is 1. The molecule has 210 valence electrons. The third-order valence-electron chi connectivity index (χ3n) is 5.47. The molecule has 10 heteroatoms. The molecule has 0 heterocycles. The van der Waals surface area contributed by atoms with Crippen molar-refractivity contribution in [3.05, 3.63) is 118 Å². The topological polar surface area (TPSA) is 95.5 Å². The molecule has 1 amide bonds. The summed E-state index contributed by atoms with van der Waals surface area (Å²) in [5, 5.41) is 4.54. The normalized spacial score (nSPS) is 10.7. The van der Waals surface area contributed by atoms with Crippen molar-refractivity contribution in [1.29, 1.82) is 0 Å². The van der Waals surface area contributed by atoms with Gasteiger partial charge in [-0.05, 0) is 78.7 Å². The Bertz CT molecular complexity index is 1510. The first-order valence-electron chi connectivity index (χ1n) is 12.6. The predicted octanol–water partition coefficient (Wildman–Crippen LogP) is 6.72. The van der Waals surface area contributed by atoms with Crippen LogP contribution >= 0.6 is 23.2 Å². The second-order valence-electron chi connectivity index (χ2n) is 8.48. The lowest BCUT2D eigenvalue weighted by Crippen LogP contribution is -2.24. The van der Waals surface area contributed by atoms with E-state index in [0.717, 1.165) is 5.56 Å². The summed E-state index contributed by atoms with van der Waals surface area (Å²) >= 11 is 12.0. The van der Waals surface area contributed by atoms with E-state index in [4.69, 9.17) is 42.1 Å². The summed E-state index contributed by atoms with van der Waals surface area (Å²) in [5.41, 5.74) is 4.25. The number of carbonyl (C=O) groups excluding carboxylic acids is 2. The Morgan fingerprint density at radius 1 is 0.829 bits per heavy atom. The maximum Gasteiger partial charge on any atom is 0.345 e. The fraction of sp³-hybridized carbons (Fsp3) is 0.129. The number of rotatable bonds is 12. The first-order valence-corrected chi connectivity index (χ1v) is 13.3. The van der Waals surface area contributed by atoms with Crippen LogP contribution < -0.4 is 24.4 Å². The quantitative estimate of drug-likeness (QED) is 0.0849. The minimum absolute atomic E-state index is 0.168. The number of amides is 1. The Hall–Kier alpha value is -4.53. The Balaban J connectivity index is 1.27. The van der Waals surface area contributed by atoms with E-state index in [2.05, 4.69) is 10.5 Å². The van der Waals surface area contributed by atoms with Crippen LogP contribution in [-0.4, -0.2) is 31.3 Å². The molecule has 1 N–H and O–H groups in total. The van der Waals surface area contributed by atoms with E-state index in [1.807, 2.05) is 30.3 Å². The molecule has 0 atom stereocenters. The molecule has 4 aromatic carbocycles. The fourth-order valence-corrected chi connectivity index (χ4v) is 3.99. The van der Waals surface area contributed by atoms with Gasteiger partial charge in [-0.1, -0.05) is 53.5 Å². The molecule has 4 rings (SSSR count). The van der Waals surface area contributed by atoms with E-state index in [0.29, 0.717) is 41.0 Å². The molecule has 0 saturated heterocycles. The van der Waals surface area contributed by atoms with Crippen LogP contribution in [0.15, 0.2) is 96.1 Å². The Labute approximate surface area is 247 Å². The highest BCUT2D eigenvalue weighted by molar-refractivity contribution is 6.36. The summed E-state index contributed by atoms with van der Waals surface area (Å²) in [4.78, 5) is 24.8. The van der Waals surface area contributed by atoms with Gasteiger partial charge in [-0.25, -0.2) is 10.2 Å². The summed E-state index contributed by atoms with van der Waals surface area (Å²) in [6, 6.07) is 26.2. The summed E-state index contributed by atoms with van der Waals surface area (Å²) < 4.78 is 22.4. The lowest BCUT2D eigenvalue weighted by Gasteiger charge is -2.12. The van der Waals surface area contributed by atoms with Crippen molar-refractivity contribution in [2.75, 3.05) is 13.2 Å². The average molecular weight is 593 g/mol. The number of hydrogen-bond acceptors (Lipinski definition) is 7. The van der Waals surface area contributed by atoms with Gasteiger partial charge in [0, 0.05) is 5.02 Å². The number of carbonyl (C=O) groups is 2. The molecule has 0 spiro atoms. The maximum atomic E-state index is 12.6. The molecule has 0 bridgehead atoms. The predicted molar refractivity (Wildman–Crippen MR) is 157 cm³/mol. The molecule has 4 aromatic rings. The molecule has 0 aromatic heterocycles. The van der Waals surface area contributed by atoms with E-state index in [-0.39, 0.29) is 22.9 Å². The largest absolute Gasteiger partial charge is 0.490 e. The van der Waals surface area contributed by atoms with Crippen LogP contribution in [0.25, 0.3) is 0 Å². The average Bonchev–Trinajstić information content (AvgIpc) is 2.97. The van der Waals surface area contributed by atoms with Crippen LogP contribution in [0.3, 0.4) is 0 Å². The Morgan fingerprint density at radius 3 is 2.27 bits per heavy atom. The highest BCUT2D eigenvalue weighted by Crippen LogP contribution is 2.30. The standard InChI is InChI=1S/C31H26Cl2N2O6/c1-2-38-29-16-22(8-15-28(29)41-31(37)26-14-9-23(32)17-27(26)33)18-34-35-30(36)20-40-25-12-10-24(11-13-25)39-19-21-6-4-3-5-7-21/h3-18H,2,19-20H2,1H3,(H,35,36)/b34-18+. The highest BCUT2D eigenvalue weighted by Gasteiger charge is 2.16. The lowest BCUT2D eigenvalue weighted by atomic mass is 10.2. The van der Waals surface area contributed by atoms with Gasteiger partial charge < -0.3 is 18.9 Å². The maximum absolute atomic E-state index is 12.6. The van der Waals surface area contributed by atoms with E-state index in [9.17, 15) is 9.59 Å². The smallest absolute Gasteiger partial charge is 0.345 e. The minimum Gasteiger partial charge on any atom is -0.490 e. The molecule has 0 radical (unpaired) electrons. The van der Waals surface area contributed by atoms with Crippen molar-refractivity contribution in [1.82, 2.24) is 5.43 Å². The molecule has 0 aliphatic carbocycles. The van der Waals surface area contributed by atoms with Gasteiger partial charge in [-0.3, -0.25) is 4.79 Å². The summed E-state index contributed by atoms with van der Waals surface area (Å²) in [5.74, 6) is 0.630. The molecular formula is C31H26Cl2N2O6. The molecule has 8 nitrogen and oxygen atoms in total. The van der Waals surface area contributed by atoms with Gasteiger partial charge in [0.2, 0.25) is 0 Å². The van der Waals surface area contributed by atoms with Crippen molar-refractivity contribution in [3.63, 3.8) is 0 Å². The van der Waals surface area contributed by atoms with Crippen molar-refractivity contribution < 1.29 is 28.5 Å². The van der Waals surface area contributed by atoms with Crippen molar-refractivity contribution in [2.24, 2.45) is 5.10 Å². The van der Waals surface area contributed by atoms with Gasteiger partial charge in [0.25, 0.3) is 5.91 Å². The lowest BCUT2D eigenvalue weighted by molar-refractivity contribution is -0.123. The Morgan fingerprint density at radius 2 is 1.56 bits per heavy atom. The van der Waals surface area contributed by atoms with Gasteiger partial charge in [0.05, 0.1) is 23.4 Å². The fourth-order valence-electron chi connectivity index (χ4n) is 3.50. The SMILES string of the molecule is CCOc1cc(/C=N/NC(=O)COc2ccc(OCc3ccccc3)cc2)ccc1OC(=O)c1ccc(Cl)cc1Cl. The molecular weight excluding hydrogens is 567 g/mol. The number of halogens is 2. The number of esters is 1.